The molecule has 6 heteroatoms. The number of likely N-dealkylation sites (tertiary alicyclic amines) is 1. The number of halogens is 1. The number of hydrogen-bond acceptors (Lipinski definition) is 3. The van der Waals surface area contributed by atoms with Gasteiger partial charge >= 0.3 is 0 Å². The summed E-state index contributed by atoms with van der Waals surface area (Å²) in [5, 5.41) is 3.28. The molecular weight excluding hydrogens is 364 g/mol. The number of nitrogens with zero attached hydrogens (tertiary/aromatic N) is 1. The van der Waals surface area contributed by atoms with E-state index in [1.54, 1.807) is 42.5 Å². The lowest BCUT2D eigenvalue weighted by Crippen LogP contribution is -2.32. The Morgan fingerprint density at radius 3 is 2.41 bits per heavy atom. The highest BCUT2D eigenvalue weighted by Gasteiger charge is 2.21. The van der Waals surface area contributed by atoms with Crippen molar-refractivity contribution >= 4 is 29.1 Å². The van der Waals surface area contributed by atoms with Crippen LogP contribution in [0.1, 0.15) is 46.4 Å². The largest absolute Gasteiger partial charge is 0.496 e. The summed E-state index contributed by atoms with van der Waals surface area (Å²) in [6.45, 7) is 1.51. The summed E-state index contributed by atoms with van der Waals surface area (Å²) in [7, 11) is 1.50. The van der Waals surface area contributed by atoms with Crippen molar-refractivity contribution in [2.24, 2.45) is 0 Å². The van der Waals surface area contributed by atoms with Crippen LogP contribution in [0.25, 0.3) is 0 Å². The molecule has 1 heterocycles. The number of hydrogen-bond donors (Lipinski definition) is 1. The zero-order valence-electron chi connectivity index (χ0n) is 15.3. The summed E-state index contributed by atoms with van der Waals surface area (Å²) in [6.07, 6.45) is 4.33. The minimum absolute atomic E-state index is 0.0501. The molecule has 1 N–H and O–H groups in total. The van der Waals surface area contributed by atoms with Gasteiger partial charge in [-0.3, -0.25) is 9.59 Å². The van der Waals surface area contributed by atoms with Gasteiger partial charge in [0.15, 0.2) is 0 Å². The molecule has 0 aliphatic carbocycles. The standard InChI is InChI=1S/C21H23ClN2O3/c1-27-19-11-10-15(22)14-17(19)20(25)23-18-9-5-4-8-16(18)21(26)24-12-6-2-3-7-13-24/h4-5,8-11,14H,2-3,6-7,12-13H2,1H3,(H,23,25). The summed E-state index contributed by atoms with van der Waals surface area (Å²) < 4.78 is 5.25. The fourth-order valence-electron chi connectivity index (χ4n) is 3.27. The second-order valence-electron chi connectivity index (χ2n) is 6.55. The first-order valence-electron chi connectivity index (χ1n) is 9.13. The van der Waals surface area contributed by atoms with Gasteiger partial charge in [0.25, 0.3) is 11.8 Å². The number of carbonyl (C=O) groups is 2. The molecule has 0 aromatic heterocycles. The summed E-state index contributed by atoms with van der Waals surface area (Å²) in [4.78, 5) is 27.6. The Morgan fingerprint density at radius 1 is 1.00 bits per heavy atom. The molecule has 1 saturated heterocycles. The molecule has 1 fully saturated rings. The number of anilines is 1. The van der Waals surface area contributed by atoms with Gasteiger partial charge in [-0.1, -0.05) is 36.6 Å². The van der Waals surface area contributed by atoms with Crippen molar-refractivity contribution in [1.29, 1.82) is 0 Å². The van der Waals surface area contributed by atoms with Crippen LogP contribution < -0.4 is 10.1 Å². The average Bonchev–Trinajstić information content (AvgIpc) is 2.97. The van der Waals surface area contributed by atoms with Gasteiger partial charge in [-0.25, -0.2) is 0 Å². The molecule has 2 aromatic rings. The highest BCUT2D eigenvalue weighted by Crippen LogP contribution is 2.25. The van der Waals surface area contributed by atoms with E-state index >= 15 is 0 Å². The SMILES string of the molecule is COc1ccc(Cl)cc1C(=O)Nc1ccccc1C(=O)N1CCCCCC1. The van der Waals surface area contributed by atoms with Crippen molar-refractivity contribution in [2.45, 2.75) is 25.7 Å². The predicted molar refractivity (Wildman–Crippen MR) is 107 cm³/mol. The van der Waals surface area contributed by atoms with Crippen molar-refractivity contribution in [1.82, 2.24) is 4.90 Å². The first-order chi connectivity index (χ1) is 13.1. The minimum atomic E-state index is -0.370. The van der Waals surface area contributed by atoms with Crippen molar-refractivity contribution in [3.05, 3.63) is 58.6 Å². The maximum Gasteiger partial charge on any atom is 0.259 e. The third kappa shape index (κ3) is 4.61. The first-order valence-corrected chi connectivity index (χ1v) is 9.51. The van der Waals surface area contributed by atoms with Gasteiger partial charge in [-0.15, -0.1) is 0 Å². The number of methoxy groups -OCH3 is 1. The van der Waals surface area contributed by atoms with Crippen LogP contribution in [-0.2, 0) is 0 Å². The Morgan fingerprint density at radius 2 is 1.70 bits per heavy atom. The van der Waals surface area contributed by atoms with E-state index in [-0.39, 0.29) is 11.8 Å². The number of nitrogens with one attached hydrogen (secondary N) is 1. The molecule has 0 radical (unpaired) electrons. The van der Waals surface area contributed by atoms with Gasteiger partial charge in [0.1, 0.15) is 5.75 Å². The Kier molecular flexibility index (Phi) is 6.35. The molecule has 0 unspecified atom stereocenters. The van der Waals surface area contributed by atoms with Crippen molar-refractivity contribution < 1.29 is 14.3 Å². The lowest BCUT2D eigenvalue weighted by molar-refractivity contribution is 0.0762. The van der Waals surface area contributed by atoms with E-state index < -0.39 is 0 Å². The molecule has 142 valence electrons. The van der Waals surface area contributed by atoms with Crippen LogP contribution in [-0.4, -0.2) is 36.9 Å². The molecule has 3 rings (SSSR count). The second-order valence-corrected chi connectivity index (χ2v) is 6.99. The van der Waals surface area contributed by atoms with Crippen LogP contribution >= 0.6 is 11.6 Å². The van der Waals surface area contributed by atoms with Crippen molar-refractivity contribution in [2.75, 3.05) is 25.5 Å². The van der Waals surface area contributed by atoms with Crippen LogP contribution in [0.2, 0.25) is 5.02 Å². The number of rotatable bonds is 4. The topological polar surface area (TPSA) is 58.6 Å². The van der Waals surface area contributed by atoms with E-state index in [2.05, 4.69) is 5.32 Å². The maximum absolute atomic E-state index is 13.0. The average molecular weight is 387 g/mol. The zero-order valence-corrected chi connectivity index (χ0v) is 16.1. The third-order valence-corrected chi connectivity index (χ3v) is 4.94. The molecule has 0 saturated carbocycles. The summed E-state index contributed by atoms with van der Waals surface area (Å²) in [5.41, 5.74) is 1.30. The summed E-state index contributed by atoms with van der Waals surface area (Å²) in [5.74, 6) is 0.00421. The Bertz CT molecular complexity index is 830. The van der Waals surface area contributed by atoms with Crippen molar-refractivity contribution in [3.8, 4) is 5.75 Å². The molecule has 0 spiro atoms. The van der Waals surface area contributed by atoms with E-state index in [4.69, 9.17) is 16.3 Å². The van der Waals surface area contributed by atoms with Crippen LogP contribution in [0.4, 0.5) is 5.69 Å². The summed E-state index contributed by atoms with van der Waals surface area (Å²) in [6, 6.07) is 11.9. The highest BCUT2D eigenvalue weighted by molar-refractivity contribution is 6.31. The second kappa shape index (κ2) is 8.91. The van der Waals surface area contributed by atoms with Crippen molar-refractivity contribution in [3.63, 3.8) is 0 Å². The van der Waals surface area contributed by atoms with E-state index in [1.807, 2.05) is 4.90 Å². The monoisotopic (exact) mass is 386 g/mol. The normalized spacial score (nSPS) is 14.4. The van der Waals surface area contributed by atoms with Crippen LogP contribution in [0, 0.1) is 0 Å². The molecule has 2 aromatic carbocycles. The fraction of sp³-hybridized carbons (Fsp3) is 0.333. The molecule has 0 atom stereocenters. The number of ether oxygens (including phenoxy) is 1. The van der Waals surface area contributed by atoms with Crippen LogP contribution in [0.3, 0.4) is 0 Å². The summed E-state index contributed by atoms with van der Waals surface area (Å²) >= 11 is 6.02. The quantitative estimate of drug-likeness (QED) is 0.834. The lowest BCUT2D eigenvalue weighted by Gasteiger charge is -2.22. The Labute approximate surface area is 164 Å². The van der Waals surface area contributed by atoms with E-state index in [0.717, 1.165) is 38.8 Å². The highest BCUT2D eigenvalue weighted by atomic mass is 35.5. The predicted octanol–water partition coefficient (Wildman–Crippen LogP) is 4.62. The molecule has 1 aliphatic rings. The van der Waals surface area contributed by atoms with Gasteiger partial charge in [-0.05, 0) is 43.2 Å². The van der Waals surface area contributed by atoms with Crippen LogP contribution in [0.5, 0.6) is 5.75 Å². The molecular formula is C21H23ClN2O3. The Hall–Kier alpha value is -2.53. The van der Waals surface area contributed by atoms with Gasteiger partial charge in [-0.2, -0.15) is 0 Å². The van der Waals surface area contributed by atoms with Gasteiger partial charge in [0.05, 0.1) is 23.9 Å². The molecule has 1 aliphatic heterocycles. The maximum atomic E-state index is 13.0. The Balaban J connectivity index is 1.85. The van der Waals surface area contributed by atoms with E-state index in [0.29, 0.717) is 27.6 Å². The fourth-order valence-corrected chi connectivity index (χ4v) is 3.44. The third-order valence-electron chi connectivity index (χ3n) is 4.71. The van der Waals surface area contributed by atoms with Crippen LogP contribution in [0.15, 0.2) is 42.5 Å². The molecule has 27 heavy (non-hydrogen) atoms. The lowest BCUT2D eigenvalue weighted by atomic mass is 10.1. The van der Waals surface area contributed by atoms with Gasteiger partial charge < -0.3 is 15.0 Å². The number of para-hydroxylation sites is 1. The van der Waals surface area contributed by atoms with Gasteiger partial charge in [0, 0.05) is 18.1 Å². The number of benzene rings is 2. The first kappa shape index (κ1) is 19.2. The molecule has 5 nitrogen and oxygen atoms in total. The molecule has 0 bridgehead atoms. The van der Waals surface area contributed by atoms with E-state index in [9.17, 15) is 9.59 Å². The number of carbonyl (C=O) groups excluding carboxylic acids is 2. The molecule has 2 amide bonds. The minimum Gasteiger partial charge on any atom is -0.496 e. The van der Waals surface area contributed by atoms with Gasteiger partial charge in [0.2, 0.25) is 0 Å². The zero-order chi connectivity index (χ0) is 19.2. The number of amides is 2. The van der Waals surface area contributed by atoms with E-state index in [1.165, 1.54) is 7.11 Å². The smallest absolute Gasteiger partial charge is 0.259 e.